The zero-order valence-corrected chi connectivity index (χ0v) is 17.2. The van der Waals surface area contributed by atoms with E-state index in [1.54, 1.807) is 0 Å². The van der Waals surface area contributed by atoms with Crippen molar-refractivity contribution in [1.82, 2.24) is 14.8 Å². The quantitative estimate of drug-likeness (QED) is 0.534. The summed E-state index contributed by atoms with van der Waals surface area (Å²) in [6.07, 6.45) is 0. The molecule has 0 fully saturated rings. The zero-order chi connectivity index (χ0) is 17.8. The van der Waals surface area contributed by atoms with Gasteiger partial charge in [-0.25, -0.2) is 0 Å². The maximum absolute atomic E-state index is 12.1. The molecule has 0 bridgehead atoms. The van der Waals surface area contributed by atoms with Gasteiger partial charge in [-0.1, -0.05) is 61.8 Å². The lowest BCUT2D eigenvalue weighted by atomic mass is 10.2. The van der Waals surface area contributed by atoms with Gasteiger partial charge in [0.05, 0.1) is 5.75 Å². The second-order valence-electron chi connectivity index (χ2n) is 5.19. The molecule has 0 saturated carbocycles. The van der Waals surface area contributed by atoms with E-state index in [-0.39, 0.29) is 11.7 Å². The van der Waals surface area contributed by atoms with E-state index in [9.17, 15) is 4.79 Å². The Kier molecular flexibility index (Phi) is 5.93. The number of hydrogen-bond donors (Lipinski definition) is 1. The van der Waals surface area contributed by atoms with Gasteiger partial charge in [-0.15, -0.1) is 10.2 Å². The van der Waals surface area contributed by atoms with Gasteiger partial charge in [0, 0.05) is 27.2 Å². The first-order valence-electron chi connectivity index (χ1n) is 7.37. The Morgan fingerprint density at radius 2 is 1.84 bits per heavy atom. The molecule has 3 rings (SSSR count). The SMILES string of the molecule is Cn1c(SCC(=O)Nc2ccc(Br)cc2)nnc1-c1ccccc1Br. The number of rotatable bonds is 5. The van der Waals surface area contributed by atoms with E-state index in [0.29, 0.717) is 5.16 Å². The summed E-state index contributed by atoms with van der Waals surface area (Å²) >= 11 is 8.25. The van der Waals surface area contributed by atoms with Crippen molar-refractivity contribution >= 4 is 55.2 Å². The minimum atomic E-state index is -0.0854. The van der Waals surface area contributed by atoms with Gasteiger partial charge < -0.3 is 9.88 Å². The first-order valence-corrected chi connectivity index (χ1v) is 9.94. The molecular weight excluding hydrogens is 468 g/mol. The van der Waals surface area contributed by atoms with E-state index >= 15 is 0 Å². The highest BCUT2D eigenvalue weighted by molar-refractivity contribution is 9.10. The summed E-state index contributed by atoms with van der Waals surface area (Å²) in [5, 5.41) is 12.0. The molecule has 1 N–H and O–H groups in total. The molecule has 1 amide bonds. The summed E-state index contributed by atoms with van der Waals surface area (Å²) in [7, 11) is 1.89. The summed E-state index contributed by atoms with van der Waals surface area (Å²) in [6.45, 7) is 0. The molecule has 3 aromatic rings. The lowest BCUT2D eigenvalue weighted by Gasteiger charge is -2.06. The highest BCUT2D eigenvalue weighted by Crippen LogP contribution is 2.28. The van der Waals surface area contributed by atoms with Gasteiger partial charge in [0.2, 0.25) is 5.91 Å². The minimum absolute atomic E-state index is 0.0854. The number of benzene rings is 2. The fourth-order valence-corrected chi connectivity index (χ4v) is 3.62. The van der Waals surface area contributed by atoms with Gasteiger partial charge in [0.25, 0.3) is 0 Å². The maximum Gasteiger partial charge on any atom is 0.234 e. The van der Waals surface area contributed by atoms with Crippen LogP contribution >= 0.6 is 43.6 Å². The first-order chi connectivity index (χ1) is 12.0. The largest absolute Gasteiger partial charge is 0.325 e. The number of carbonyl (C=O) groups excluding carboxylic acids is 1. The molecule has 0 radical (unpaired) electrons. The van der Waals surface area contributed by atoms with Crippen molar-refractivity contribution in [2.24, 2.45) is 7.05 Å². The highest BCUT2D eigenvalue weighted by atomic mass is 79.9. The number of anilines is 1. The first kappa shape index (κ1) is 18.2. The van der Waals surface area contributed by atoms with Crippen molar-refractivity contribution < 1.29 is 4.79 Å². The number of thioether (sulfide) groups is 1. The van der Waals surface area contributed by atoms with Crippen molar-refractivity contribution in [1.29, 1.82) is 0 Å². The second-order valence-corrected chi connectivity index (χ2v) is 7.90. The predicted molar refractivity (Wildman–Crippen MR) is 108 cm³/mol. The monoisotopic (exact) mass is 480 g/mol. The Bertz CT molecular complexity index is 896. The molecule has 1 heterocycles. The Balaban J connectivity index is 1.65. The van der Waals surface area contributed by atoms with Crippen molar-refractivity contribution in [2.45, 2.75) is 5.16 Å². The lowest BCUT2D eigenvalue weighted by molar-refractivity contribution is -0.113. The van der Waals surface area contributed by atoms with Crippen molar-refractivity contribution in [3.8, 4) is 11.4 Å². The minimum Gasteiger partial charge on any atom is -0.325 e. The Morgan fingerprint density at radius 1 is 1.12 bits per heavy atom. The summed E-state index contributed by atoms with van der Waals surface area (Å²) in [4.78, 5) is 12.1. The number of halogens is 2. The predicted octanol–water partition coefficient (Wildman–Crippen LogP) is 4.74. The van der Waals surface area contributed by atoms with Crippen LogP contribution in [0.3, 0.4) is 0 Å². The summed E-state index contributed by atoms with van der Waals surface area (Å²) in [5.74, 6) is 0.930. The van der Waals surface area contributed by atoms with Crippen LogP contribution in [0.4, 0.5) is 5.69 Å². The molecule has 0 unspecified atom stereocenters. The third kappa shape index (κ3) is 4.50. The zero-order valence-electron chi connectivity index (χ0n) is 13.2. The van der Waals surface area contributed by atoms with E-state index in [1.165, 1.54) is 11.8 Å². The lowest BCUT2D eigenvalue weighted by Crippen LogP contribution is -2.14. The number of nitrogens with zero attached hydrogens (tertiary/aromatic N) is 3. The van der Waals surface area contributed by atoms with Gasteiger partial charge in [-0.2, -0.15) is 0 Å². The topological polar surface area (TPSA) is 59.8 Å². The van der Waals surface area contributed by atoms with Gasteiger partial charge in [-0.3, -0.25) is 4.79 Å². The molecule has 0 aliphatic heterocycles. The molecular formula is C17H14Br2N4OS. The van der Waals surface area contributed by atoms with Gasteiger partial charge in [0.15, 0.2) is 11.0 Å². The molecule has 0 spiro atoms. The molecule has 0 aliphatic rings. The van der Waals surface area contributed by atoms with Gasteiger partial charge in [0.1, 0.15) is 0 Å². The molecule has 5 nitrogen and oxygen atoms in total. The van der Waals surface area contributed by atoms with Crippen LogP contribution in [0, 0.1) is 0 Å². The number of amides is 1. The molecule has 25 heavy (non-hydrogen) atoms. The average Bonchev–Trinajstić information content (AvgIpc) is 2.96. The standard InChI is InChI=1S/C17H14Br2N4OS/c1-23-16(13-4-2-3-5-14(13)19)21-22-17(23)25-10-15(24)20-12-8-6-11(18)7-9-12/h2-9H,10H2,1H3,(H,20,24). The van der Waals surface area contributed by atoms with Crippen molar-refractivity contribution in [2.75, 3.05) is 11.1 Å². The third-order valence-electron chi connectivity index (χ3n) is 3.41. The summed E-state index contributed by atoms with van der Waals surface area (Å²) in [5.41, 5.74) is 1.73. The smallest absolute Gasteiger partial charge is 0.234 e. The molecule has 8 heteroatoms. The number of carbonyl (C=O) groups is 1. The van der Waals surface area contributed by atoms with Crippen LogP contribution in [0.15, 0.2) is 62.6 Å². The Morgan fingerprint density at radius 3 is 2.56 bits per heavy atom. The van der Waals surface area contributed by atoms with Crippen LogP contribution in [0.2, 0.25) is 0 Å². The van der Waals surface area contributed by atoms with Crippen molar-refractivity contribution in [3.63, 3.8) is 0 Å². The molecule has 2 aromatic carbocycles. The van der Waals surface area contributed by atoms with Gasteiger partial charge >= 0.3 is 0 Å². The number of hydrogen-bond acceptors (Lipinski definition) is 4. The molecule has 0 saturated heterocycles. The fourth-order valence-electron chi connectivity index (χ4n) is 2.18. The van der Waals surface area contributed by atoms with Crippen molar-refractivity contribution in [3.05, 3.63) is 57.5 Å². The Labute approximate surface area is 166 Å². The van der Waals surface area contributed by atoms with E-state index in [2.05, 4.69) is 47.4 Å². The van der Waals surface area contributed by atoms with Crippen LogP contribution in [-0.4, -0.2) is 26.4 Å². The normalized spacial score (nSPS) is 10.7. The van der Waals surface area contributed by atoms with Crippen LogP contribution in [0.25, 0.3) is 11.4 Å². The molecule has 0 atom stereocenters. The van der Waals surface area contributed by atoms with Gasteiger partial charge in [-0.05, 0) is 30.3 Å². The number of nitrogens with one attached hydrogen (secondary N) is 1. The highest BCUT2D eigenvalue weighted by Gasteiger charge is 2.14. The Hall–Kier alpha value is -1.64. The van der Waals surface area contributed by atoms with Crippen LogP contribution in [0.5, 0.6) is 0 Å². The second kappa shape index (κ2) is 8.16. The van der Waals surface area contributed by atoms with Crippen LogP contribution in [-0.2, 0) is 11.8 Å². The van der Waals surface area contributed by atoms with Crippen LogP contribution in [0.1, 0.15) is 0 Å². The summed E-state index contributed by atoms with van der Waals surface area (Å²) in [6, 6.07) is 15.3. The number of aromatic nitrogens is 3. The fraction of sp³-hybridized carbons (Fsp3) is 0.118. The summed E-state index contributed by atoms with van der Waals surface area (Å²) < 4.78 is 3.81. The third-order valence-corrected chi connectivity index (χ3v) is 5.65. The van der Waals surface area contributed by atoms with Crippen LogP contribution < -0.4 is 5.32 Å². The maximum atomic E-state index is 12.1. The van der Waals surface area contributed by atoms with E-state index in [1.807, 2.05) is 60.1 Å². The van der Waals surface area contributed by atoms with E-state index in [0.717, 1.165) is 26.0 Å². The molecule has 0 aliphatic carbocycles. The van der Waals surface area contributed by atoms with E-state index in [4.69, 9.17) is 0 Å². The molecule has 1 aromatic heterocycles. The molecule has 128 valence electrons. The average molecular weight is 482 g/mol. The van der Waals surface area contributed by atoms with E-state index < -0.39 is 0 Å².